The molecule has 3 unspecified atom stereocenters. The summed E-state index contributed by atoms with van der Waals surface area (Å²) in [4.78, 5) is 2.54. The van der Waals surface area contributed by atoms with Gasteiger partial charge in [0, 0.05) is 31.2 Å². The number of fused-ring (bicyclic) bond motifs is 1. The van der Waals surface area contributed by atoms with Crippen molar-refractivity contribution in [2.45, 2.75) is 50.2 Å². The van der Waals surface area contributed by atoms with Gasteiger partial charge in [0.1, 0.15) is 0 Å². The molecule has 0 aromatic carbocycles. The Kier molecular flexibility index (Phi) is 3.39. The highest BCUT2D eigenvalue weighted by atomic mass is 16.5. The molecule has 3 heterocycles. The number of rotatable bonds is 2. The number of aliphatic hydroxyl groups is 1. The molecular weight excluding hydrogens is 228 g/mol. The Labute approximate surface area is 109 Å². The van der Waals surface area contributed by atoms with Crippen molar-refractivity contribution in [3.63, 3.8) is 0 Å². The lowest BCUT2D eigenvalue weighted by Crippen LogP contribution is -2.62. The number of hydrogen-bond donors (Lipinski definition) is 2. The van der Waals surface area contributed by atoms with Gasteiger partial charge in [-0.2, -0.15) is 0 Å². The predicted molar refractivity (Wildman–Crippen MR) is 70.3 cm³/mol. The Morgan fingerprint density at radius 1 is 1.28 bits per heavy atom. The summed E-state index contributed by atoms with van der Waals surface area (Å²) in [6.07, 6.45) is 6.34. The first kappa shape index (κ1) is 12.9. The SMILES string of the molecule is NCC1(C2(O)CCN3CCCC3C2)CCCOC1. The van der Waals surface area contributed by atoms with Crippen molar-refractivity contribution >= 4 is 0 Å². The zero-order valence-corrected chi connectivity index (χ0v) is 11.2. The molecule has 104 valence electrons. The van der Waals surface area contributed by atoms with Gasteiger partial charge in [0.2, 0.25) is 0 Å². The molecule has 3 saturated heterocycles. The van der Waals surface area contributed by atoms with Crippen LogP contribution in [-0.4, -0.2) is 54.5 Å². The highest BCUT2D eigenvalue weighted by Gasteiger charge is 2.54. The van der Waals surface area contributed by atoms with E-state index in [2.05, 4.69) is 4.90 Å². The number of nitrogens with two attached hydrogens (primary N) is 1. The molecule has 18 heavy (non-hydrogen) atoms. The standard InChI is InChI=1S/C14H26N2O2/c15-10-13(4-2-8-18-11-13)14(17)5-7-16-6-1-3-12(16)9-14/h12,17H,1-11,15H2. The van der Waals surface area contributed by atoms with E-state index in [1.807, 2.05) is 0 Å². The zero-order valence-electron chi connectivity index (χ0n) is 11.2. The van der Waals surface area contributed by atoms with Crippen LogP contribution in [0.5, 0.6) is 0 Å². The highest BCUT2D eigenvalue weighted by molar-refractivity contribution is 5.06. The summed E-state index contributed by atoms with van der Waals surface area (Å²) in [6, 6.07) is 0.578. The maximum Gasteiger partial charge on any atom is 0.0764 e. The van der Waals surface area contributed by atoms with Gasteiger partial charge < -0.3 is 20.5 Å². The molecule has 3 atom stereocenters. The van der Waals surface area contributed by atoms with Gasteiger partial charge >= 0.3 is 0 Å². The van der Waals surface area contributed by atoms with E-state index in [-0.39, 0.29) is 5.41 Å². The third kappa shape index (κ3) is 1.90. The van der Waals surface area contributed by atoms with E-state index in [0.29, 0.717) is 19.2 Å². The first-order valence-electron chi connectivity index (χ1n) is 7.43. The van der Waals surface area contributed by atoms with Crippen LogP contribution in [0, 0.1) is 5.41 Å². The molecule has 0 spiro atoms. The molecule has 0 aromatic rings. The fraction of sp³-hybridized carbons (Fsp3) is 1.00. The number of piperidine rings is 1. The van der Waals surface area contributed by atoms with Crippen molar-refractivity contribution < 1.29 is 9.84 Å². The first-order chi connectivity index (χ1) is 8.69. The molecule has 0 bridgehead atoms. The number of nitrogens with zero attached hydrogens (tertiary/aromatic N) is 1. The lowest BCUT2D eigenvalue weighted by molar-refractivity contribution is -0.172. The Hall–Kier alpha value is -0.160. The normalized spacial score (nSPS) is 46.0. The van der Waals surface area contributed by atoms with Gasteiger partial charge in [-0.05, 0) is 45.1 Å². The van der Waals surface area contributed by atoms with Crippen LogP contribution in [0.1, 0.15) is 38.5 Å². The summed E-state index contributed by atoms with van der Waals surface area (Å²) < 4.78 is 5.65. The molecule has 0 aromatic heterocycles. The van der Waals surface area contributed by atoms with Crippen molar-refractivity contribution in [1.29, 1.82) is 0 Å². The smallest absolute Gasteiger partial charge is 0.0764 e. The van der Waals surface area contributed by atoms with Gasteiger partial charge in [0.25, 0.3) is 0 Å². The van der Waals surface area contributed by atoms with Crippen LogP contribution in [-0.2, 0) is 4.74 Å². The first-order valence-corrected chi connectivity index (χ1v) is 7.43. The number of ether oxygens (including phenoxy) is 1. The Balaban J connectivity index is 1.79. The minimum Gasteiger partial charge on any atom is -0.389 e. The van der Waals surface area contributed by atoms with Gasteiger partial charge in [-0.3, -0.25) is 0 Å². The molecule has 3 aliphatic heterocycles. The van der Waals surface area contributed by atoms with Crippen LogP contribution in [0.25, 0.3) is 0 Å². The summed E-state index contributed by atoms with van der Waals surface area (Å²) in [5.74, 6) is 0. The second-order valence-electron chi connectivity index (χ2n) is 6.46. The maximum atomic E-state index is 11.2. The Bertz CT molecular complexity index is 304. The average molecular weight is 254 g/mol. The van der Waals surface area contributed by atoms with Crippen molar-refractivity contribution in [1.82, 2.24) is 4.90 Å². The minimum absolute atomic E-state index is 0.195. The topological polar surface area (TPSA) is 58.7 Å². The largest absolute Gasteiger partial charge is 0.389 e. The molecule has 4 heteroatoms. The highest BCUT2D eigenvalue weighted by Crippen LogP contribution is 2.47. The van der Waals surface area contributed by atoms with E-state index in [1.165, 1.54) is 19.4 Å². The summed E-state index contributed by atoms with van der Waals surface area (Å²) >= 11 is 0. The molecule has 4 nitrogen and oxygen atoms in total. The third-order valence-corrected chi connectivity index (χ3v) is 5.59. The van der Waals surface area contributed by atoms with Crippen LogP contribution in [0.15, 0.2) is 0 Å². The second-order valence-corrected chi connectivity index (χ2v) is 6.46. The summed E-state index contributed by atoms with van der Waals surface area (Å²) in [5, 5.41) is 11.2. The lowest BCUT2D eigenvalue weighted by atomic mass is 9.63. The summed E-state index contributed by atoms with van der Waals surface area (Å²) in [7, 11) is 0. The fourth-order valence-electron chi connectivity index (χ4n) is 4.29. The van der Waals surface area contributed by atoms with Crippen molar-refractivity contribution in [3.05, 3.63) is 0 Å². The van der Waals surface area contributed by atoms with Crippen LogP contribution in [0.4, 0.5) is 0 Å². The maximum absolute atomic E-state index is 11.2. The monoisotopic (exact) mass is 254 g/mol. The zero-order chi connectivity index (χ0) is 12.6. The second kappa shape index (κ2) is 4.75. The Morgan fingerprint density at radius 2 is 2.17 bits per heavy atom. The average Bonchev–Trinajstić information content (AvgIpc) is 2.86. The van der Waals surface area contributed by atoms with E-state index >= 15 is 0 Å². The minimum atomic E-state index is -0.603. The van der Waals surface area contributed by atoms with E-state index in [4.69, 9.17) is 10.5 Å². The summed E-state index contributed by atoms with van der Waals surface area (Å²) in [5.41, 5.74) is 5.24. The quantitative estimate of drug-likeness (QED) is 0.763. The van der Waals surface area contributed by atoms with Crippen LogP contribution in [0.2, 0.25) is 0 Å². The Morgan fingerprint density at radius 3 is 2.89 bits per heavy atom. The molecule has 0 amide bonds. The van der Waals surface area contributed by atoms with Gasteiger partial charge in [0.05, 0.1) is 12.2 Å². The van der Waals surface area contributed by atoms with E-state index in [1.54, 1.807) is 0 Å². The molecule has 3 aliphatic rings. The van der Waals surface area contributed by atoms with Crippen molar-refractivity contribution in [2.75, 3.05) is 32.8 Å². The third-order valence-electron chi connectivity index (χ3n) is 5.59. The van der Waals surface area contributed by atoms with Gasteiger partial charge in [-0.15, -0.1) is 0 Å². The van der Waals surface area contributed by atoms with Gasteiger partial charge in [-0.1, -0.05) is 0 Å². The lowest BCUT2D eigenvalue weighted by Gasteiger charge is -2.53. The molecule has 3 fully saturated rings. The van der Waals surface area contributed by atoms with E-state index in [9.17, 15) is 5.11 Å². The van der Waals surface area contributed by atoms with Gasteiger partial charge in [-0.25, -0.2) is 0 Å². The van der Waals surface area contributed by atoms with Crippen LogP contribution >= 0.6 is 0 Å². The molecular formula is C14H26N2O2. The molecule has 3 N–H and O–H groups in total. The molecule has 0 saturated carbocycles. The molecule has 3 rings (SSSR count). The van der Waals surface area contributed by atoms with Gasteiger partial charge in [0.15, 0.2) is 0 Å². The molecule has 0 aliphatic carbocycles. The van der Waals surface area contributed by atoms with E-state index in [0.717, 1.165) is 38.8 Å². The predicted octanol–water partition coefficient (Wildman–Crippen LogP) is 0.731. The van der Waals surface area contributed by atoms with Crippen LogP contribution < -0.4 is 5.73 Å². The van der Waals surface area contributed by atoms with Crippen LogP contribution in [0.3, 0.4) is 0 Å². The molecule has 0 radical (unpaired) electrons. The van der Waals surface area contributed by atoms with E-state index < -0.39 is 5.60 Å². The van der Waals surface area contributed by atoms with Crippen molar-refractivity contribution in [3.8, 4) is 0 Å². The number of hydrogen-bond acceptors (Lipinski definition) is 4. The summed E-state index contributed by atoms with van der Waals surface area (Å²) in [6.45, 7) is 4.27. The fourth-order valence-corrected chi connectivity index (χ4v) is 4.29. The van der Waals surface area contributed by atoms with Crippen molar-refractivity contribution in [2.24, 2.45) is 11.1 Å².